The van der Waals surface area contributed by atoms with Gasteiger partial charge in [-0.15, -0.1) is 0 Å². The molecule has 2 N–H and O–H groups in total. The summed E-state index contributed by atoms with van der Waals surface area (Å²) >= 11 is 0. The molecule has 1 aromatic heterocycles. The van der Waals surface area contributed by atoms with Gasteiger partial charge in [0.1, 0.15) is 5.82 Å². The lowest BCUT2D eigenvalue weighted by molar-refractivity contribution is 0.122. The molecule has 2 aromatic rings. The molecule has 9 heteroatoms. The maximum Gasteiger partial charge on any atom is 0.229 e. The van der Waals surface area contributed by atoms with E-state index in [1.165, 1.54) is 0 Å². The Morgan fingerprint density at radius 2 is 1.72 bits per heavy atom. The third-order valence-electron chi connectivity index (χ3n) is 3.60. The third kappa shape index (κ3) is 5.04. The van der Waals surface area contributed by atoms with E-state index >= 15 is 0 Å². The molecule has 2 heterocycles. The Kier molecular flexibility index (Phi) is 5.05. The number of rotatable bonds is 5. The highest BCUT2D eigenvalue weighted by atomic mass is 32.2. The first-order valence-electron chi connectivity index (χ1n) is 7.92. The van der Waals surface area contributed by atoms with Crippen LogP contribution in [0.15, 0.2) is 30.3 Å². The van der Waals surface area contributed by atoms with E-state index in [-0.39, 0.29) is 0 Å². The second-order valence-electron chi connectivity index (χ2n) is 5.87. The number of benzene rings is 1. The third-order valence-corrected chi connectivity index (χ3v) is 4.20. The molecule has 134 valence electrons. The molecule has 0 spiro atoms. The summed E-state index contributed by atoms with van der Waals surface area (Å²) < 4.78 is 30.3. The van der Waals surface area contributed by atoms with Crippen LogP contribution in [0.25, 0.3) is 0 Å². The quantitative estimate of drug-likeness (QED) is 0.835. The van der Waals surface area contributed by atoms with Crippen molar-refractivity contribution in [3.8, 4) is 0 Å². The minimum absolute atomic E-state index is 0.515. The van der Waals surface area contributed by atoms with Crippen LogP contribution in [0.2, 0.25) is 0 Å². The van der Waals surface area contributed by atoms with Crippen LogP contribution in [-0.4, -0.2) is 50.9 Å². The van der Waals surface area contributed by atoms with Gasteiger partial charge in [-0.2, -0.15) is 4.98 Å². The van der Waals surface area contributed by atoms with Crippen molar-refractivity contribution in [2.75, 3.05) is 47.5 Å². The predicted molar refractivity (Wildman–Crippen MR) is 98.0 cm³/mol. The fourth-order valence-electron chi connectivity index (χ4n) is 2.51. The monoisotopic (exact) mass is 363 g/mol. The topological polar surface area (TPSA) is 96.5 Å². The molecule has 0 bridgehead atoms. The van der Waals surface area contributed by atoms with E-state index in [0.717, 1.165) is 30.7 Å². The van der Waals surface area contributed by atoms with Crippen LogP contribution in [0.3, 0.4) is 0 Å². The van der Waals surface area contributed by atoms with Crippen molar-refractivity contribution in [3.05, 3.63) is 36.0 Å². The van der Waals surface area contributed by atoms with E-state index in [2.05, 4.69) is 24.9 Å². The Morgan fingerprint density at radius 1 is 1.08 bits per heavy atom. The van der Waals surface area contributed by atoms with Crippen molar-refractivity contribution < 1.29 is 13.2 Å². The van der Waals surface area contributed by atoms with Gasteiger partial charge in [0.2, 0.25) is 16.0 Å². The number of sulfonamides is 1. The van der Waals surface area contributed by atoms with E-state index in [1.807, 2.05) is 13.0 Å². The number of morpholine rings is 1. The van der Waals surface area contributed by atoms with Gasteiger partial charge < -0.3 is 15.0 Å². The SMILES string of the molecule is Cc1cc(Nc2ccc(NS(C)(=O)=O)cc2)nc(N2CCOCC2)n1. The highest BCUT2D eigenvalue weighted by Gasteiger charge is 2.15. The lowest BCUT2D eigenvalue weighted by atomic mass is 10.3. The normalized spacial score (nSPS) is 15.0. The van der Waals surface area contributed by atoms with Crippen molar-refractivity contribution in [2.24, 2.45) is 0 Å². The average molecular weight is 363 g/mol. The number of aryl methyl sites for hydroxylation is 1. The molecule has 1 fully saturated rings. The van der Waals surface area contributed by atoms with E-state index in [0.29, 0.717) is 30.7 Å². The predicted octanol–water partition coefficient (Wildman–Crippen LogP) is 1.74. The fourth-order valence-corrected chi connectivity index (χ4v) is 3.07. The van der Waals surface area contributed by atoms with Crippen LogP contribution < -0.4 is 14.9 Å². The number of anilines is 4. The van der Waals surface area contributed by atoms with Gasteiger partial charge in [0, 0.05) is 36.2 Å². The van der Waals surface area contributed by atoms with Crippen molar-refractivity contribution >= 4 is 33.2 Å². The summed E-state index contributed by atoms with van der Waals surface area (Å²) in [4.78, 5) is 11.2. The lowest BCUT2D eigenvalue weighted by Gasteiger charge is -2.27. The summed E-state index contributed by atoms with van der Waals surface area (Å²) in [6, 6.07) is 8.84. The van der Waals surface area contributed by atoms with Gasteiger partial charge in [-0.25, -0.2) is 13.4 Å². The van der Waals surface area contributed by atoms with Gasteiger partial charge in [0.05, 0.1) is 19.5 Å². The van der Waals surface area contributed by atoms with Crippen molar-refractivity contribution in [3.63, 3.8) is 0 Å². The first-order valence-corrected chi connectivity index (χ1v) is 9.81. The standard InChI is InChI=1S/C16H21N5O3S/c1-12-11-15(19-16(17-12)21-7-9-24-10-8-21)18-13-3-5-14(6-4-13)20-25(2,22)23/h3-6,11,20H,7-10H2,1-2H3,(H,17,18,19). The van der Waals surface area contributed by atoms with Crippen LogP contribution in [0.1, 0.15) is 5.69 Å². The number of hydrogen-bond donors (Lipinski definition) is 2. The second kappa shape index (κ2) is 7.24. The van der Waals surface area contributed by atoms with Crippen molar-refractivity contribution in [1.29, 1.82) is 0 Å². The smallest absolute Gasteiger partial charge is 0.229 e. The zero-order valence-corrected chi connectivity index (χ0v) is 15.0. The molecule has 0 unspecified atom stereocenters. The number of ether oxygens (including phenoxy) is 1. The molecular formula is C16H21N5O3S. The number of nitrogens with zero attached hydrogens (tertiary/aromatic N) is 3. The molecule has 1 aromatic carbocycles. The zero-order chi connectivity index (χ0) is 17.9. The maximum atomic E-state index is 11.2. The average Bonchev–Trinajstić information content (AvgIpc) is 2.56. The highest BCUT2D eigenvalue weighted by molar-refractivity contribution is 7.92. The Hall–Kier alpha value is -2.39. The molecule has 0 saturated carbocycles. The Labute approximate surface area is 147 Å². The van der Waals surface area contributed by atoms with Crippen LogP contribution >= 0.6 is 0 Å². The van der Waals surface area contributed by atoms with E-state index in [4.69, 9.17) is 4.74 Å². The minimum atomic E-state index is -3.28. The van der Waals surface area contributed by atoms with Gasteiger partial charge >= 0.3 is 0 Å². The molecule has 1 aliphatic rings. The summed E-state index contributed by atoms with van der Waals surface area (Å²) in [5.74, 6) is 1.37. The van der Waals surface area contributed by atoms with E-state index in [1.54, 1.807) is 24.3 Å². The van der Waals surface area contributed by atoms with Crippen LogP contribution in [0.5, 0.6) is 0 Å². The number of aromatic nitrogens is 2. The molecule has 0 amide bonds. The summed E-state index contributed by atoms with van der Waals surface area (Å²) in [7, 11) is -3.28. The summed E-state index contributed by atoms with van der Waals surface area (Å²) in [5.41, 5.74) is 2.19. The van der Waals surface area contributed by atoms with Gasteiger partial charge in [-0.1, -0.05) is 0 Å². The van der Waals surface area contributed by atoms with Gasteiger partial charge in [-0.05, 0) is 31.2 Å². The second-order valence-corrected chi connectivity index (χ2v) is 7.62. The largest absolute Gasteiger partial charge is 0.378 e. The van der Waals surface area contributed by atoms with Gasteiger partial charge in [-0.3, -0.25) is 4.72 Å². The Balaban J connectivity index is 1.75. The van der Waals surface area contributed by atoms with E-state index in [9.17, 15) is 8.42 Å². The summed E-state index contributed by atoms with van der Waals surface area (Å²) in [6.07, 6.45) is 1.12. The van der Waals surface area contributed by atoms with Gasteiger partial charge in [0.15, 0.2) is 0 Å². The highest BCUT2D eigenvalue weighted by Crippen LogP contribution is 2.21. The summed E-state index contributed by atoms with van der Waals surface area (Å²) in [6.45, 7) is 4.82. The molecule has 3 rings (SSSR count). The number of hydrogen-bond acceptors (Lipinski definition) is 7. The summed E-state index contributed by atoms with van der Waals surface area (Å²) in [5, 5.41) is 3.23. The molecular weight excluding hydrogens is 342 g/mol. The lowest BCUT2D eigenvalue weighted by Crippen LogP contribution is -2.37. The first-order chi connectivity index (χ1) is 11.9. The fraction of sp³-hybridized carbons (Fsp3) is 0.375. The molecule has 0 aliphatic carbocycles. The number of nitrogens with one attached hydrogen (secondary N) is 2. The molecule has 1 aliphatic heterocycles. The van der Waals surface area contributed by atoms with Gasteiger partial charge in [0.25, 0.3) is 0 Å². The van der Waals surface area contributed by atoms with Crippen LogP contribution in [0.4, 0.5) is 23.1 Å². The molecule has 1 saturated heterocycles. The zero-order valence-electron chi connectivity index (χ0n) is 14.2. The molecule has 0 atom stereocenters. The van der Waals surface area contributed by atoms with Crippen molar-refractivity contribution in [1.82, 2.24) is 9.97 Å². The Morgan fingerprint density at radius 3 is 2.36 bits per heavy atom. The molecule has 8 nitrogen and oxygen atoms in total. The first kappa shape index (κ1) is 17.4. The molecule has 0 radical (unpaired) electrons. The van der Waals surface area contributed by atoms with Crippen LogP contribution in [0, 0.1) is 6.92 Å². The Bertz CT molecular complexity index is 833. The van der Waals surface area contributed by atoms with Crippen LogP contribution in [-0.2, 0) is 14.8 Å². The van der Waals surface area contributed by atoms with Crippen molar-refractivity contribution in [2.45, 2.75) is 6.92 Å². The maximum absolute atomic E-state index is 11.2. The molecule has 25 heavy (non-hydrogen) atoms. The minimum Gasteiger partial charge on any atom is -0.378 e. The van der Waals surface area contributed by atoms with E-state index < -0.39 is 10.0 Å².